The van der Waals surface area contributed by atoms with Crippen molar-refractivity contribution in [3.8, 4) is 0 Å². The van der Waals surface area contributed by atoms with E-state index in [0.29, 0.717) is 50.7 Å². The molecule has 0 aromatic rings. The van der Waals surface area contributed by atoms with E-state index < -0.39 is 12.1 Å². The Bertz CT molecular complexity index is 300. The molecule has 4 N–H and O–H groups in total. The average Bonchev–Trinajstić information content (AvgIpc) is 2.40. The van der Waals surface area contributed by atoms with Crippen LogP contribution in [0.1, 0.15) is 53.4 Å². The minimum atomic E-state index is -0.563. The first kappa shape index (κ1) is 20.9. The van der Waals surface area contributed by atoms with Crippen LogP contribution in [0.15, 0.2) is 0 Å². The van der Waals surface area contributed by atoms with Crippen LogP contribution in [0.4, 0.5) is 0 Å². The number of esters is 2. The van der Waals surface area contributed by atoms with Crippen LogP contribution in [0.2, 0.25) is 0 Å². The normalized spacial score (nSPS) is 14.0. The maximum atomic E-state index is 11.6. The highest BCUT2D eigenvalue weighted by atomic mass is 16.5. The van der Waals surface area contributed by atoms with Crippen molar-refractivity contribution in [2.45, 2.75) is 65.5 Å². The largest absolute Gasteiger partial charge is 0.465 e. The molecule has 22 heavy (non-hydrogen) atoms. The summed E-state index contributed by atoms with van der Waals surface area (Å²) >= 11 is 0. The molecule has 6 nitrogen and oxygen atoms in total. The van der Waals surface area contributed by atoms with Gasteiger partial charge >= 0.3 is 11.9 Å². The van der Waals surface area contributed by atoms with Crippen LogP contribution >= 0.6 is 0 Å². The van der Waals surface area contributed by atoms with Crippen molar-refractivity contribution >= 4 is 11.9 Å². The predicted octanol–water partition coefficient (Wildman–Crippen LogP) is 1.60. The van der Waals surface area contributed by atoms with Crippen LogP contribution in [-0.2, 0) is 19.1 Å². The second-order valence-electron chi connectivity index (χ2n) is 6.51. The monoisotopic (exact) mass is 316 g/mol. The number of unbranched alkanes of at least 4 members (excludes halogenated alkanes) is 1. The zero-order valence-electron chi connectivity index (χ0n) is 14.3. The molecule has 2 unspecified atom stereocenters. The molecule has 0 heterocycles. The summed E-state index contributed by atoms with van der Waals surface area (Å²) < 4.78 is 10.2. The highest BCUT2D eigenvalue weighted by Crippen LogP contribution is 2.06. The zero-order valence-corrected chi connectivity index (χ0v) is 14.3. The first-order valence-corrected chi connectivity index (χ1v) is 8.08. The summed E-state index contributed by atoms with van der Waals surface area (Å²) in [5.74, 6) is -0.0247. The number of hydrogen-bond acceptors (Lipinski definition) is 6. The van der Waals surface area contributed by atoms with Crippen molar-refractivity contribution in [2.24, 2.45) is 23.3 Å². The molecule has 130 valence electrons. The van der Waals surface area contributed by atoms with Gasteiger partial charge in [-0.1, -0.05) is 27.7 Å². The standard InChI is InChI=1S/C16H32N2O4/c1-11(2)9-13(17)15(19)21-7-5-6-8-22-16(20)14(18)10-12(3)4/h11-14H,5-10,17-18H2,1-4H3. The summed E-state index contributed by atoms with van der Waals surface area (Å²) in [6.07, 6.45) is 2.49. The summed E-state index contributed by atoms with van der Waals surface area (Å²) in [4.78, 5) is 23.1. The summed E-state index contributed by atoms with van der Waals surface area (Å²) in [6, 6.07) is -1.13. The van der Waals surface area contributed by atoms with E-state index in [1.54, 1.807) is 0 Å². The molecule has 0 amide bonds. The molecule has 0 saturated heterocycles. The number of hydrogen-bond donors (Lipinski definition) is 2. The molecule has 0 aromatic heterocycles. The molecule has 6 heteroatoms. The van der Waals surface area contributed by atoms with Gasteiger partial charge in [-0.05, 0) is 37.5 Å². The lowest BCUT2D eigenvalue weighted by Crippen LogP contribution is -2.34. The van der Waals surface area contributed by atoms with E-state index >= 15 is 0 Å². The van der Waals surface area contributed by atoms with Crippen molar-refractivity contribution in [3.05, 3.63) is 0 Å². The highest BCUT2D eigenvalue weighted by Gasteiger charge is 2.17. The fourth-order valence-corrected chi connectivity index (χ4v) is 1.97. The predicted molar refractivity (Wildman–Crippen MR) is 86.0 cm³/mol. The van der Waals surface area contributed by atoms with Gasteiger partial charge in [0, 0.05) is 0 Å². The summed E-state index contributed by atoms with van der Waals surface area (Å²) in [7, 11) is 0. The maximum absolute atomic E-state index is 11.6. The van der Waals surface area contributed by atoms with E-state index in [2.05, 4.69) is 0 Å². The van der Waals surface area contributed by atoms with Crippen molar-refractivity contribution < 1.29 is 19.1 Å². The molecule has 0 aromatic carbocycles. The molecule has 0 radical (unpaired) electrons. The molecule has 2 atom stereocenters. The summed E-state index contributed by atoms with van der Waals surface area (Å²) in [5, 5.41) is 0. The van der Waals surface area contributed by atoms with E-state index in [-0.39, 0.29) is 11.9 Å². The first-order valence-electron chi connectivity index (χ1n) is 8.08. The number of carbonyl (C=O) groups is 2. The van der Waals surface area contributed by atoms with Gasteiger partial charge in [-0.2, -0.15) is 0 Å². The SMILES string of the molecule is CC(C)CC(N)C(=O)OCCCCOC(=O)C(N)CC(C)C. The van der Waals surface area contributed by atoms with Crippen LogP contribution < -0.4 is 11.5 Å². The Morgan fingerprint density at radius 2 is 1.09 bits per heavy atom. The number of ether oxygens (including phenoxy) is 2. The van der Waals surface area contributed by atoms with E-state index in [9.17, 15) is 9.59 Å². The van der Waals surface area contributed by atoms with Gasteiger partial charge in [0.15, 0.2) is 0 Å². The van der Waals surface area contributed by atoms with Gasteiger partial charge in [-0.15, -0.1) is 0 Å². The van der Waals surface area contributed by atoms with E-state index in [1.165, 1.54) is 0 Å². The number of carbonyl (C=O) groups excluding carboxylic acids is 2. The lowest BCUT2D eigenvalue weighted by Gasteiger charge is -2.14. The third-order valence-corrected chi connectivity index (χ3v) is 3.08. The number of rotatable bonds is 11. The van der Waals surface area contributed by atoms with E-state index in [4.69, 9.17) is 20.9 Å². The maximum Gasteiger partial charge on any atom is 0.322 e. The van der Waals surface area contributed by atoms with Crippen LogP contribution in [0.25, 0.3) is 0 Å². The number of nitrogens with two attached hydrogens (primary N) is 2. The van der Waals surface area contributed by atoms with Crippen LogP contribution in [-0.4, -0.2) is 37.2 Å². The average molecular weight is 316 g/mol. The highest BCUT2D eigenvalue weighted by molar-refractivity contribution is 5.75. The van der Waals surface area contributed by atoms with Crippen molar-refractivity contribution in [1.82, 2.24) is 0 Å². The molecule has 0 aliphatic rings. The Morgan fingerprint density at radius 3 is 1.36 bits per heavy atom. The van der Waals surface area contributed by atoms with Crippen LogP contribution in [0.3, 0.4) is 0 Å². The molecule has 0 rings (SSSR count). The molecular weight excluding hydrogens is 284 g/mol. The Morgan fingerprint density at radius 1 is 0.773 bits per heavy atom. The quantitative estimate of drug-likeness (QED) is 0.443. The Labute approximate surface area is 133 Å². The van der Waals surface area contributed by atoms with Gasteiger partial charge in [0.25, 0.3) is 0 Å². The Kier molecular flexibility index (Phi) is 10.8. The molecular formula is C16H32N2O4. The first-order chi connectivity index (χ1) is 10.2. The van der Waals surface area contributed by atoms with Gasteiger partial charge in [0.2, 0.25) is 0 Å². The van der Waals surface area contributed by atoms with Gasteiger partial charge < -0.3 is 20.9 Å². The zero-order chi connectivity index (χ0) is 17.1. The van der Waals surface area contributed by atoms with E-state index in [1.807, 2.05) is 27.7 Å². The second-order valence-corrected chi connectivity index (χ2v) is 6.51. The molecule has 0 fully saturated rings. The van der Waals surface area contributed by atoms with Crippen molar-refractivity contribution in [1.29, 1.82) is 0 Å². The molecule has 0 bridgehead atoms. The third-order valence-electron chi connectivity index (χ3n) is 3.08. The summed E-state index contributed by atoms with van der Waals surface area (Å²) in [5.41, 5.74) is 11.4. The second kappa shape index (κ2) is 11.4. The van der Waals surface area contributed by atoms with Gasteiger partial charge in [0.05, 0.1) is 13.2 Å². The van der Waals surface area contributed by atoms with Gasteiger partial charge in [0.1, 0.15) is 12.1 Å². The molecule has 0 aliphatic carbocycles. The van der Waals surface area contributed by atoms with Crippen LogP contribution in [0, 0.1) is 11.8 Å². The Hall–Kier alpha value is -1.14. The fraction of sp³-hybridized carbons (Fsp3) is 0.875. The Balaban J connectivity index is 3.65. The van der Waals surface area contributed by atoms with Crippen molar-refractivity contribution in [2.75, 3.05) is 13.2 Å². The van der Waals surface area contributed by atoms with Gasteiger partial charge in [-0.25, -0.2) is 0 Å². The van der Waals surface area contributed by atoms with Crippen LogP contribution in [0.5, 0.6) is 0 Å². The third kappa shape index (κ3) is 10.6. The smallest absolute Gasteiger partial charge is 0.322 e. The molecule has 0 aliphatic heterocycles. The minimum Gasteiger partial charge on any atom is -0.465 e. The lowest BCUT2D eigenvalue weighted by atomic mass is 10.1. The fourth-order valence-electron chi connectivity index (χ4n) is 1.97. The summed E-state index contributed by atoms with van der Waals surface area (Å²) in [6.45, 7) is 8.61. The minimum absolute atomic E-state index is 0.292. The molecule has 0 saturated carbocycles. The topological polar surface area (TPSA) is 105 Å². The van der Waals surface area contributed by atoms with Crippen molar-refractivity contribution in [3.63, 3.8) is 0 Å². The molecule has 0 spiro atoms. The van der Waals surface area contributed by atoms with E-state index in [0.717, 1.165) is 0 Å². The van der Waals surface area contributed by atoms with Gasteiger partial charge in [-0.3, -0.25) is 9.59 Å². The lowest BCUT2D eigenvalue weighted by molar-refractivity contribution is -0.148.